The van der Waals surface area contributed by atoms with Crippen LogP contribution in [0.1, 0.15) is 16.7 Å². The van der Waals surface area contributed by atoms with Crippen molar-refractivity contribution in [2.24, 2.45) is 0 Å². The van der Waals surface area contributed by atoms with E-state index < -0.39 is 22.2 Å². The summed E-state index contributed by atoms with van der Waals surface area (Å²) >= 11 is 0. The van der Waals surface area contributed by atoms with Gasteiger partial charge in [-0.15, -0.1) is 0 Å². The second-order valence-electron chi connectivity index (χ2n) is 11.3. The smallest absolute Gasteiger partial charge is 0.262 e. The molecule has 0 bridgehead atoms. The molecule has 0 saturated carbocycles. The minimum atomic E-state index is -3.91. The average molecular weight is 653 g/mol. The molecule has 9 heteroatoms. The largest absolute Gasteiger partial charge is 0.491 e. The van der Waals surface area contributed by atoms with Gasteiger partial charge in [-0.05, 0) is 59.5 Å². The van der Waals surface area contributed by atoms with E-state index in [0.717, 1.165) is 16.7 Å². The molecular weight excluding hydrogens is 612 g/mol. The fourth-order valence-corrected chi connectivity index (χ4v) is 6.31. The normalized spacial score (nSPS) is 12.7. The summed E-state index contributed by atoms with van der Waals surface area (Å²) in [7, 11) is -3.91. The van der Waals surface area contributed by atoms with Crippen molar-refractivity contribution in [3.8, 4) is 11.5 Å². The number of benzene rings is 5. The number of para-hydroxylation sites is 1. The molecule has 0 radical (unpaired) electrons. The van der Waals surface area contributed by atoms with Crippen LogP contribution in [0.3, 0.4) is 0 Å². The van der Waals surface area contributed by atoms with E-state index in [4.69, 9.17) is 9.47 Å². The van der Waals surface area contributed by atoms with E-state index in [1.165, 1.54) is 12.1 Å². The lowest BCUT2D eigenvalue weighted by Crippen LogP contribution is -2.44. The highest BCUT2D eigenvalue weighted by Gasteiger charge is 2.24. The van der Waals surface area contributed by atoms with Crippen molar-refractivity contribution in [3.63, 3.8) is 0 Å². The fraction of sp³-hybridized carbons (Fsp3) is 0.211. The second kappa shape index (κ2) is 16.8. The Morgan fingerprint density at radius 1 is 0.702 bits per heavy atom. The highest BCUT2D eigenvalue weighted by Crippen LogP contribution is 2.30. The third-order valence-electron chi connectivity index (χ3n) is 7.64. The van der Waals surface area contributed by atoms with Crippen molar-refractivity contribution in [3.05, 3.63) is 156 Å². The zero-order chi connectivity index (χ0) is 32.9. The first-order valence-electron chi connectivity index (χ1n) is 15.5. The maximum atomic E-state index is 13.4. The molecule has 0 heterocycles. The molecule has 5 aromatic carbocycles. The Hall–Kier alpha value is -4.67. The van der Waals surface area contributed by atoms with Crippen LogP contribution in [0.2, 0.25) is 0 Å². The van der Waals surface area contributed by atoms with Crippen LogP contribution in [0.5, 0.6) is 11.5 Å². The first-order valence-corrected chi connectivity index (χ1v) is 17.0. The molecule has 0 aliphatic carbocycles. The summed E-state index contributed by atoms with van der Waals surface area (Å²) in [5.74, 6) is 1.05. The van der Waals surface area contributed by atoms with Gasteiger partial charge < -0.3 is 19.7 Å². The van der Waals surface area contributed by atoms with Crippen molar-refractivity contribution in [1.82, 2.24) is 4.90 Å². The molecule has 2 atom stereocenters. The van der Waals surface area contributed by atoms with Crippen LogP contribution in [0.25, 0.3) is 0 Å². The minimum absolute atomic E-state index is 0.0896. The predicted molar refractivity (Wildman–Crippen MR) is 184 cm³/mol. The predicted octanol–water partition coefficient (Wildman–Crippen LogP) is 5.91. The van der Waals surface area contributed by atoms with Crippen molar-refractivity contribution >= 4 is 15.7 Å². The summed E-state index contributed by atoms with van der Waals surface area (Å²) in [6, 6.07) is 42.0. The summed E-state index contributed by atoms with van der Waals surface area (Å²) in [4.78, 5) is 2.16. The molecule has 0 aliphatic rings. The first kappa shape index (κ1) is 33.7. The molecule has 8 nitrogen and oxygen atoms in total. The zero-order valence-electron chi connectivity index (χ0n) is 26.1. The van der Waals surface area contributed by atoms with Crippen LogP contribution in [0.4, 0.5) is 5.69 Å². The number of anilines is 1. The average Bonchev–Trinajstić information content (AvgIpc) is 3.10. The van der Waals surface area contributed by atoms with Crippen LogP contribution in [0, 0.1) is 0 Å². The van der Waals surface area contributed by atoms with Crippen LogP contribution in [-0.4, -0.2) is 55.4 Å². The molecule has 0 fully saturated rings. The Bertz CT molecular complexity index is 1760. The second-order valence-corrected chi connectivity index (χ2v) is 12.9. The summed E-state index contributed by atoms with van der Waals surface area (Å²) in [5, 5.41) is 21.6. The van der Waals surface area contributed by atoms with Gasteiger partial charge in [0.25, 0.3) is 10.0 Å². The van der Waals surface area contributed by atoms with Crippen molar-refractivity contribution in [2.45, 2.75) is 36.6 Å². The molecule has 3 N–H and O–H groups in total. The van der Waals surface area contributed by atoms with E-state index in [1.54, 1.807) is 30.3 Å². The lowest BCUT2D eigenvalue weighted by atomic mass is 10.0. The number of aliphatic hydroxyl groups excluding tert-OH is 2. The Morgan fingerprint density at radius 2 is 1.30 bits per heavy atom. The third-order valence-corrected chi connectivity index (χ3v) is 9.02. The quantitative estimate of drug-likeness (QED) is 0.115. The first-order chi connectivity index (χ1) is 22.9. The number of hydrogen-bond donors (Lipinski definition) is 3. The van der Waals surface area contributed by atoms with Gasteiger partial charge in [0.05, 0.1) is 17.2 Å². The van der Waals surface area contributed by atoms with Gasteiger partial charge in [-0.25, -0.2) is 8.42 Å². The van der Waals surface area contributed by atoms with Crippen LogP contribution < -0.4 is 14.2 Å². The van der Waals surface area contributed by atoms with Gasteiger partial charge in [-0.1, -0.05) is 103 Å². The summed E-state index contributed by atoms with van der Waals surface area (Å²) in [5.41, 5.74) is 3.06. The van der Waals surface area contributed by atoms with Crippen molar-refractivity contribution < 1.29 is 28.1 Å². The number of nitrogens with zero attached hydrogens (tertiary/aromatic N) is 1. The van der Waals surface area contributed by atoms with E-state index in [1.807, 2.05) is 102 Å². The lowest BCUT2D eigenvalue weighted by Gasteiger charge is -2.32. The molecule has 5 rings (SSSR count). The fourth-order valence-electron chi connectivity index (χ4n) is 5.22. The monoisotopic (exact) mass is 652 g/mol. The van der Waals surface area contributed by atoms with E-state index in [0.29, 0.717) is 30.2 Å². The van der Waals surface area contributed by atoms with E-state index in [2.05, 4.69) is 4.72 Å². The number of rotatable bonds is 17. The van der Waals surface area contributed by atoms with E-state index in [9.17, 15) is 18.6 Å². The molecule has 244 valence electrons. The maximum Gasteiger partial charge on any atom is 0.262 e. The van der Waals surface area contributed by atoms with Crippen LogP contribution in [0.15, 0.2) is 144 Å². The molecule has 0 saturated heterocycles. The molecule has 5 aromatic rings. The molecule has 0 aromatic heterocycles. The standard InChI is InChI=1S/C38H40N2O6S/c41-27-33(40(25-30-13-5-1-6-14-30)26-34(42)29-45-35-17-9-3-10-18-35)23-32-21-22-38(46-28-31-15-7-2-8-16-31)37(24-32)39-47(43,44)36-19-11-4-12-20-36/h1-22,24,33-34,39,41-42H,23,25-29H2/t33-,34-/m0/s1. The Balaban J connectivity index is 1.38. The summed E-state index contributed by atoms with van der Waals surface area (Å²) in [6.07, 6.45) is -0.441. The topological polar surface area (TPSA) is 108 Å². The van der Waals surface area contributed by atoms with E-state index in [-0.39, 0.29) is 31.3 Å². The van der Waals surface area contributed by atoms with Gasteiger partial charge in [-0.2, -0.15) is 0 Å². The number of hydrogen-bond acceptors (Lipinski definition) is 7. The van der Waals surface area contributed by atoms with Crippen LogP contribution in [-0.2, 0) is 29.6 Å². The summed E-state index contributed by atoms with van der Waals surface area (Å²) in [6.45, 7) is 0.898. The van der Waals surface area contributed by atoms with Gasteiger partial charge >= 0.3 is 0 Å². The third kappa shape index (κ3) is 10.2. The Kier molecular flexibility index (Phi) is 12.0. The molecule has 0 unspecified atom stereocenters. The van der Waals surface area contributed by atoms with Crippen molar-refractivity contribution in [2.75, 3.05) is 24.5 Å². The molecule has 0 amide bonds. The number of sulfonamides is 1. The van der Waals surface area contributed by atoms with Gasteiger partial charge in [0.2, 0.25) is 0 Å². The van der Waals surface area contributed by atoms with Gasteiger partial charge in [-0.3, -0.25) is 9.62 Å². The number of nitrogens with one attached hydrogen (secondary N) is 1. The number of aliphatic hydroxyl groups is 2. The zero-order valence-corrected chi connectivity index (χ0v) is 26.9. The minimum Gasteiger partial charge on any atom is -0.491 e. The molecular formula is C38H40N2O6S. The highest BCUT2D eigenvalue weighted by molar-refractivity contribution is 7.92. The molecule has 0 aliphatic heterocycles. The van der Waals surface area contributed by atoms with Gasteiger partial charge in [0.15, 0.2) is 0 Å². The van der Waals surface area contributed by atoms with Gasteiger partial charge in [0, 0.05) is 19.1 Å². The van der Waals surface area contributed by atoms with Crippen LogP contribution >= 0.6 is 0 Å². The Morgan fingerprint density at radius 3 is 1.94 bits per heavy atom. The lowest BCUT2D eigenvalue weighted by molar-refractivity contribution is 0.0335. The SMILES string of the molecule is O=S(=O)(Nc1cc(C[C@@H](CO)N(Cc2ccccc2)C[C@H](O)COc2ccccc2)ccc1OCc1ccccc1)c1ccccc1. The van der Waals surface area contributed by atoms with E-state index >= 15 is 0 Å². The molecule has 47 heavy (non-hydrogen) atoms. The summed E-state index contributed by atoms with van der Waals surface area (Å²) < 4.78 is 41.3. The maximum absolute atomic E-state index is 13.4. The number of ether oxygens (including phenoxy) is 2. The highest BCUT2D eigenvalue weighted by atomic mass is 32.2. The Labute approximate surface area is 276 Å². The van der Waals surface area contributed by atoms with Crippen molar-refractivity contribution in [1.29, 1.82) is 0 Å². The molecule has 0 spiro atoms. The van der Waals surface area contributed by atoms with Gasteiger partial charge in [0.1, 0.15) is 30.8 Å².